The smallest absolute Gasteiger partial charge is 0.262 e. The molecule has 3 rings (SSSR count). The number of hydrogen-bond acceptors (Lipinski definition) is 5. The van der Waals surface area contributed by atoms with Crippen LogP contribution in [0.5, 0.6) is 5.75 Å². The van der Waals surface area contributed by atoms with Crippen molar-refractivity contribution in [3.63, 3.8) is 0 Å². The van der Waals surface area contributed by atoms with E-state index in [1.807, 2.05) is 0 Å². The number of amides is 1. The number of nitrogens with one attached hydrogen (secondary N) is 1. The summed E-state index contributed by atoms with van der Waals surface area (Å²) in [5, 5.41) is 3.41. The van der Waals surface area contributed by atoms with Crippen LogP contribution in [-0.2, 0) is 19.6 Å². The molecule has 0 spiro atoms. The highest BCUT2D eigenvalue weighted by Gasteiger charge is 2.26. The summed E-state index contributed by atoms with van der Waals surface area (Å²) < 4.78 is 37.1. The van der Waals surface area contributed by atoms with Gasteiger partial charge in [0.15, 0.2) is 6.61 Å². The van der Waals surface area contributed by atoms with Crippen LogP contribution in [0.4, 0.5) is 5.69 Å². The van der Waals surface area contributed by atoms with E-state index in [0.29, 0.717) is 47.8 Å². The number of carbonyl (C=O) groups excluding carboxylic acids is 1. The van der Waals surface area contributed by atoms with Crippen molar-refractivity contribution in [2.24, 2.45) is 0 Å². The van der Waals surface area contributed by atoms with Gasteiger partial charge in [-0.15, -0.1) is 0 Å². The highest BCUT2D eigenvalue weighted by Crippen LogP contribution is 2.27. The second-order valence-corrected chi connectivity index (χ2v) is 8.73. The van der Waals surface area contributed by atoms with E-state index in [1.165, 1.54) is 34.6 Å². The molecule has 0 saturated carbocycles. The second kappa shape index (κ2) is 9.11. The number of morpholine rings is 1. The second-order valence-electron chi connectivity index (χ2n) is 5.95. The fraction of sp³-hybridized carbons (Fsp3) is 0.278. The molecule has 1 amide bonds. The number of hydrogen-bond donors (Lipinski definition) is 1. The summed E-state index contributed by atoms with van der Waals surface area (Å²) in [6, 6.07) is 10.7. The first-order valence-corrected chi connectivity index (χ1v) is 10.6. The number of nitrogens with zero attached hydrogens (tertiary/aromatic N) is 1. The zero-order valence-corrected chi connectivity index (χ0v) is 17.1. The molecule has 1 aliphatic rings. The fourth-order valence-corrected chi connectivity index (χ4v) is 4.45. The van der Waals surface area contributed by atoms with E-state index in [2.05, 4.69) is 5.32 Å². The van der Waals surface area contributed by atoms with Gasteiger partial charge in [0.2, 0.25) is 10.0 Å². The van der Waals surface area contributed by atoms with Crippen molar-refractivity contribution in [2.45, 2.75) is 4.90 Å². The minimum Gasteiger partial charge on any atom is -0.482 e. The van der Waals surface area contributed by atoms with Crippen molar-refractivity contribution in [1.82, 2.24) is 4.31 Å². The van der Waals surface area contributed by atoms with Gasteiger partial charge < -0.3 is 14.8 Å². The Hall–Kier alpha value is -1.84. The highest BCUT2D eigenvalue weighted by atomic mass is 35.5. The van der Waals surface area contributed by atoms with Crippen molar-refractivity contribution in [2.75, 3.05) is 38.2 Å². The average Bonchev–Trinajstić information content (AvgIpc) is 2.68. The Morgan fingerprint density at radius 2 is 1.79 bits per heavy atom. The third-order valence-corrected chi connectivity index (χ3v) is 6.44. The fourth-order valence-electron chi connectivity index (χ4n) is 2.58. The van der Waals surface area contributed by atoms with Gasteiger partial charge in [-0.3, -0.25) is 4.79 Å². The molecule has 1 aliphatic heterocycles. The maximum absolute atomic E-state index is 12.6. The summed E-state index contributed by atoms with van der Waals surface area (Å²) >= 11 is 11.8. The van der Waals surface area contributed by atoms with Gasteiger partial charge in [-0.1, -0.05) is 23.2 Å². The van der Waals surface area contributed by atoms with Crippen LogP contribution in [0.3, 0.4) is 0 Å². The Balaban J connectivity index is 1.58. The molecular weight excluding hydrogens is 427 g/mol. The molecule has 0 aliphatic carbocycles. The molecule has 150 valence electrons. The third kappa shape index (κ3) is 5.15. The molecule has 0 unspecified atom stereocenters. The van der Waals surface area contributed by atoms with E-state index in [0.717, 1.165) is 0 Å². The molecular formula is C18H18Cl2N2O5S. The van der Waals surface area contributed by atoms with Gasteiger partial charge in [0.05, 0.1) is 23.1 Å². The van der Waals surface area contributed by atoms with E-state index in [9.17, 15) is 13.2 Å². The van der Waals surface area contributed by atoms with Crippen molar-refractivity contribution in [1.29, 1.82) is 0 Å². The molecule has 0 atom stereocenters. The number of halogens is 2. The van der Waals surface area contributed by atoms with E-state index >= 15 is 0 Å². The molecule has 2 aromatic rings. The number of benzene rings is 2. The van der Waals surface area contributed by atoms with Gasteiger partial charge in [-0.05, 0) is 42.5 Å². The first kappa shape index (κ1) is 20.9. The molecule has 28 heavy (non-hydrogen) atoms. The number of anilines is 1. The van der Waals surface area contributed by atoms with Crippen molar-refractivity contribution < 1.29 is 22.7 Å². The molecule has 0 aromatic heterocycles. The van der Waals surface area contributed by atoms with Gasteiger partial charge in [0, 0.05) is 23.8 Å². The molecule has 1 fully saturated rings. The van der Waals surface area contributed by atoms with Gasteiger partial charge >= 0.3 is 0 Å². The first-order chi connectivity index (χ1) is 13.4. The maximum atomic E-state index is 12.6. The highest BCUT2D eigenvalue weighted by molar-refractivity contribution is 7.89. The Morgan fingerprint density at radius 3 is 2.43 bits per heavy atom. The van der Waals surface area contributed by atoms with Crippen molar-refractivity contribution in [3.8, 4) is 5.75 Å². The monoisotopic (exact) mass is 444 g/mol. The van der Waals surface area contributed by atoms with E-state index in [4.69, 9.17) is 32.7 Å². The summed E-state index contributed by atoms with van der Waals surface area (Å²) in [6.45, 7) is 1.15. The van der Waals surface area contributed by atoms with Crippen LogP contribution in [0.1, 0.15) is 0 Å². The van der Waals surface area contributed by atoms with Crippen LogP contribution in [0.15, 0.2) is 47.4 Å². The Morgan fingerprint density at radius 1 is 1.11 bits per heavy atom. The van der Waals surface area contributed by atoms with Crippen LogP contribution < -0.4 is 10.1 Å². The predicted molar refractivity (Wildman–Crippen MR) is 107 cm³/mol. The Labute approximate surface area is 173 Å². The topological polar surface area (TPSA) is 84.9 Å². The lowest BCUT2D eigenvalue weighted by Gasteiger charge is -2.26. The SMILES string of the molecule is O=C(COc1ccc(Cl)cc1Cl)Nc1ccc(S(=O)(=O)N2CCOCC2)cc1. The quantitative estimate of drug-likeness (QED) is 0.739. The number of carbonyl (C=O) groups is 1. The minimum atomic E-state index is -3.57. The Kier molecular flexibility index (Phi) is 6.79. The summed E-state index contributed by atoms with van der Waals surface area (Å²) in [4.78, 5) is 12.2. The van der Waals surface area contributed by atoms with Gasteiger partial charge in [0.25, 0.3) is 5.91 Å². The lowest BCUT2D eigenvalue weighted by atomic mass is 10.3. The molecule has 0 bridgehead atoms. The Bertz CT molecular complexity index is 945. The number of sulfonamides is 1. The predicted octanol–water partition coefficient (Wildman–Crippen LogP) is 3.03. The number of ether oxygens (including phenoxy) is 2. The standard InChI is InChI=1S/C18H18Cl2N2O5S/c19-13-1-6-17(16(20)11-13)27-12-18(23)21-14-2-4-15(5-3-14)28(24,25)22-7-9-26-10-8-22/h1-6,11H,7-10,12H2,(H,21,23). The van der Waals surface area contributed by atoms with E-state index in [-0.39, 0.29) is 11.5 Å². The molecule has 1 heterocycles. The summed E-state index contributed by atoms with van der Waals surface area (Å²) in [7, 11) is -3.57. The van der Waals surface area contributed by atoms with Gasteiger partial charge in [-0.2, -0.15) is 4.31 Å². The number of rotatable bonds is 6. The third-order valence-electron chi connectivity index (χ3n) is 4.00. The van der Waals surface area contributed by atoms with Crippen molar-refractivity contribution in [3.05, 3.63) is 52.5 Å². The molecule has 7 nitrogen and oxygen atoms in total. The van der Waals surface area contributed by atoms with E-state index in [1.54, 1.807) is 12.1 Å². The van der Waals surface area contributed by atoms with Crippen LogP contribution in [0, 0.1) is 0 Å². The zero-order chi connectivity index (χ0) is 20.1. The lowest BCUT2D eigenvalue weighted by Crippen LogP contribution is -2.40. The minimum absolute atomic E-state index is 0.164. The normalized spacial score (nSPS) is 15.2. The van der Waals surface area contributed by atoms with Crippen LogP contribution in [0.25, 0.3) is 0 Å². The summed E-state index contributed by atoms with van der Waals surface area (Å²) in [5.41, 5.74) is 0.455. The largest absolute Gasteiger partial charge is 0.482 e. The lowest BCUT2D eigenvalue weighted by molar-refractivity contribution is -0.118. The molecule has 2 aromatic carbocycles. The molecule has 10 heteroatoms. The average molecular weight is 445 g/mol. The van der Waals surface area contributed by atoms with Crippen molar-refractivity contribution >= 4 is 44.8 Å². The molecule has 1 N–H and O–H groups in total. The summed E-state index contributed by atoms with van der Waals surface area (Å²) in [6.07, 6.45) is 0. The van der Waals surface area contributed by atoms with Gasteiger partial charge in [-0.25, -0.2) is 8.42 Å². The van der Waals surface area contributed by atoms with Crippen LogP contribution in [-0.4, -0.2) is 51.5 Å². The zero-order valence-electron chi connectivity index (χ0n) is 14.7. The first-order valence-electron chi connectivity index (χ1n) is 8.42. The molecule has 1 saturated heterocycles. The van der Waals surface area contributed by atoms with Crippen LogP contribution in [0.2, 0.25) is 10.0 Å². The molecule has 0 radical (unpaired) electrons. The van der Waals surface area contributed by atoms with Crippen LogP contribution >= 0.6 is 23.2 Å². The maximum Gasteiger partial charge on any atom is 0.262 e. The van der Waals surface area contributed by atoms with Gasteiger partial charge in [0.1, 0.15) is 5.75 Å². The summed E-state index contributed by atoms with van der Waals surface area (Å²) in [5.74, 6) is -0.0667. The van der Waals surface area contributed by atoms with E-state index < -0.39 is 15.9 Å².